The second kappa shape index (κ2) is 6.17. The third-order valence-corrected chi connectivity index (χ3v) is 2.56. The molecular formula is C14H13ClN2O. The van der Waals surface area contributed by atoms with Crippen LogP contribution in [0.25, 0.3) is 0 Å². The molecule has 0 atom stereocenters. The smallest absolute Gasteiger partial charge is 0.135 e. The molecule has 0 saturated heterocycles. The molecule has 18 heavy (non-hydrogen) atoms. The Balaban J connectivity index is 2.40. The van der Waals surface area contributed by atoms with E-state index in [2.05, 4.69) is 10.1 Å². The Morgan fingerprint density at radius 3 is 2.61 bits per heavy atom. The van der Waals surface area contributed by atoms with Crippen LogP contribution in [0, 0.1) is 0 Å². The fraction of sp³-hybridized carbons (Fsp3) is 0.143. The van der Waals surface area contributed by atoms with Crippen molar-refractivity contribution in [1.29, 1.82) is 0 Å². The second-order valence-corrected chi connectivity index (χ2v) is 4.02. The van der Waals surface area contributed by atoms with Gasteiger partial charge in [-0.15, -0.1) is 0 Å². The van der Waals surface area contributed by atoms with Crippen molar-refractivity contribution in [3.05, 3.63) is 64.9 Å². The quantitative estimate of drug-likeness (QED) is 0.623. The lowest BCUT2D eigenvalue weighted by molar-refractivity contribution is 0.159. The molecule has 1 heterocycles. The van der Waals surface area contributed by atoms with Gasteiger partial charge in [-0.3, -0.25) is 4.98 Å². The highest BCUT2D eigenvalue weighted by Crippen LogP contribution is 2.13. The van der Waals surface area contributed by atoms with Crippen LogP contribution in [0.2, 0.25) is 5.02 Å². The van der Waals surface area contributed by atoms with Crippen LogP contribution >= 0.6 is 11.6 Å². The second-order valence-electron chi connectivity index (χ2n) is 3.58. The number of hydrogen-bond donors (Lipinski definition) is 0. The minimum absolute atomic E-state index is 0.518. The zero-order chi connectivity index (χ0) is 12.8. The molecule has 0 bridgehead atoms. The first kappa shape index (κ1) is 12.6. The Bertz CT molecular complexity index is 523. The molecule has 0 spiro atoms. The van der Waals surface area contributed by atoms with Gasteiger partial charge in [0, 0.05) is 16.8 Å². The molecule has 0 saturated carbocycles. The standard InChI is InChI=1S/C14H13ClN2O/c1-2-18-17-14(13-5-3-4-10-16-13)11-6-8-12(15)9-7-11/h3-10H,2H2,1H3/b17-14-. The molecule has 0 aliphatic heterocycles. The average Bonchev–Trinajstić information content (AvgIpc) is 2.42. The van der Waals surface area contributed by atoms with Gasteiger partial charge in [0.05, 0.1) is 5.69 Å². The van der Waals surface area contributed by atoms with E-state index in [1.807, 2.05) is 49.4 Å². The number of oxime groups is 1. The van der Waals surface area contributed by atoms with Crippen molar-refractivity contribution in [2.45, 2.75) is 6.92 Å². The Kier molecular flexibility index (Phi) is 4.31. The van der Waals surface area contributed by atoms with E-state index < -0.39 is 0 Å². The van der Waals surface area contributed by atoms with E-state index in [0.717, 1.165) is 11.3 Å². The zero-order valence-corrected chi connectivity index (χ0v) is 10.8. The maximum absolute atomic E-state index is 5.88. The number of rotatable bonds is 4. The van der Waals surface area contributed by atoms with Gasteiger partial charge >= 0.3 is 0 Å². The lowest BCUT2D eigenvalue weighted by atomic mass is 10.1. The molecule has 0 aliphatic rings. The van der Waals surface area contributed by atoms with Gasteiger partial charge in [0.15, 0.2) is 0 Å². The number of nitrogens with zero attached hydrogens (tertiary/aromatic N) is 2. The minimum Gasteiger partial charge on any atom is -0.396 e. The highest BCUT2D eigenvalue weighted by Gasteiger charge is 2.08. The Hall–Kier alpha value is -1.87. The maximum Gasteiger partial charge on any atom is 0.135 e. The Morgan fingerprint density at radius 1 is 1.22 bits per heavy atom. The monoisotopic (exact) mass is 260 g/mol. The molecule has 1 aromatic carbocycles. The van der Waals surface area contributed by atoms with Crippen molar-refractivity contribution in [2.24, 2.45) is 5.16 Å². The van der Waals surface area contributed by atoms with Crippen LogP contribution in [-0.2, 0) is 4.84 Å². The molecule has 92 valence electrons. The van der Waals surface area contributed by atoms with Crippen LogP contribution in [0.1, 0.15) is 18.2 Å². The summed E-state index contributed by atoms with van der Waals surface area (Å²) in [6, 6.07) is 13.1. The molecule has 0 N–H and O–H groups in total. The Labute approximate surface area is 111 Å². The Morgan fingerprint density at radius 2 is 2.00 bits per heavy atom. The van der Waals surface area contributed by atoms with E-state index in [1.165, 1.54) is 0 Å². The summed E-state index contributed by atoms with van der Waals surface area (Å²) in [5.74, 6) is 0. The summed E-state index contributed by atoms with van der Waals surface area (Å²) >= 11 is 5.88. The molecule has 4 heteroatoms. The lowest BCUT2D eigenvalue weighted by Gasteiger charge is -2.05. The maximum atomic E-state index is 5.88. The molecule has 2 aromatic rings. The summed E-state index contributed by atoms with van der Waals surface area (Å²) in [6.45, 7) is 2.41. The topological polar surface area (TPSA) is 34.5 Å². The van der Waals surface area contributed by atoms with Crippen LogP contribution in [0.4, 0.5) is 0 Å². The number of aromatic nitrogens is 1. The normalized spacial score (nSPS) is 11.3. The molecule has 0 amide bonds. The first-order chi connectivity index (χ1) is 8.81. The van der Waals surface area contributed by atoms with Crippen LogP contribution < -0.4 is 0 Å². The summed E-state index contributed by atoms with van der Waals surface area (Å²) < 4.78 is 0. The summed E-state index contributed by atoms with van der Waals surface area (Å²) in [5.41, 5.74) is 2.40. The summed E-state index contributed by atoms with van der Waals surface area (Å²) in [6.07, 6.45) is 1.73. The molecule has 0 aliphatic carbocycles. The minimum atomic E-state index is 0.518. The van der Waals surface area contributed by atoms with Gasteiger partial charge in [-0.05, 0) is 31.2 Å². The average molecular weight is 261 g/mol. The fourth-order valence-corrected chi connectivity index (χ4v) is 1.61. The van der Waals surface area contributed by atoms with Gasteiger partial charge in [-0.25, -0.2) is 0 Å². The first-order valence-corrected chi connectivity index (χ1v) is 6.06. The summed E-state index contributed by atoms with van der Waals surface area (Å²) in [7, 11) is 0. The van der Waals surface area contributed by atoms with Gasteiger partial charge in [0.25, 0.3) is 0 Å². The fourth-order valence-electron chi connectivity index (χ4n) is 1.49. The first-order valence-electron chi connectivity index (χ1n) is 5.68. The van der Waals surface area contributed by atoms with E-state index in [0.29, 0.717) is 17.3 Å². The van der Waals surface area contributed by atoms with Crippen molar-refractivity contribution >= 4 is 17.3 Å². The van der Waals surface area contributed by atoms with Crippen LogP contribution in [0.5, 0.6) is 0 Å². The van der Waals surface area contributed by atoms with E-state index in [9.17, 15) is 0 Å². The molecule has 0 unspecified atom stereocenters. The van der Waals surface area contributed by atoms with E-state index in [4.69, 9.17) is 16.4 Å². The van der Waals surface area contributed by atoms with Crippen molar-refractivity contribution in [3.63, 3.8) is 0 Å². The van der Waals surface area contributed by atoms with Crippen LogP contribution in [0.3, 0.4) is 0 Å². The van der Waals surface area contributed by atoms with Gasteiger partial charge < -0.3 is 4.84 Å². The number of pyridine rings is 1. The van der Waals surface area contributed by atoms with Crippen molar-refractivity contribution < 1.29 is 4.84 Å². The number of hydrogen-bond acceptors (Lipinski definition) is 3. The van der Waals surface area contributed by atoms with Crippen LogP contribution in [0.15, 0.2) is 53.8 Å². The molecule has 0 radical (unpaired) electrons. The third-order valence-electron chi connectivity index (χ3n) is 2.31. The van der Waals surface area contributed by atoms with Crippen molar-refractivity contribution in [1.82, 2.24) is 4.98 Å². The third kappa shape index (κ3) is 3.08. The van der Waals surface area contributed by atoms with E-state index in [-0.39, 0.29) is 0 Å². The summed E-state index contributed by atoms with van der Waals surface area (Å²) in [5, 5.41) is 4.81. The van der Waals surface area contributed by atoms with Gasteiger partial charge in [0.1, 0.15) is 12.3 Å². The molecule has 3 nitrogen and oxygen atoms in total. The van der Waals surface area contributed by atoms with Crippen molar-refractivity contribution in [2.75, 3.05) is 6.61 Å². The van der Waals surface area contributed by atoms with Gasteiger partial charge in [-0.2, -0.15) is 0 Å². The lowest BCUT2D eigenvalue weighted by Crippen LogP contribution is -2.06. The number of halogens is 1. The largest absolute Gasteiger partial charge is 0.396 e. The zero-order valence-electron chi connectivity index (χ0n) is 10.0. The molecule has 2 rings (SSSR count). The SMILES string of the molecule is CCO/N=C(/c1ccc(Cl)cc1)c1ccccn1. The molecule has 1 aromatic heterocycles. The van der Waals surface area contributed by atoms with Crippen LogP contribution in [-0.4, -0.2) is 17.3 Å². The highest BCUT2D eigenvalue weighted by atomic mass is 35.5. The van der Waals surface area contributed by atoms with E-state index >= 15 is 0 Å². The summed E-state index contributed by atoms with van der Waals surface area (Å²) in [4.78, 5) is 9.44. The van der Waals surface area contributed by atoms with Gasteiger partial charge in [0.2, 0.25) is 0 Å². The molecule has 0 fully saturated rings. The number of benzene rings is 1. The van der Waals surface area contributed by atoms with Crippen molar-refractivity contribution in [3.8, 4) is 0 Å². The van der Waals surface area contributed by atoms with Gasteiger partial charge in [-0.1, -0.05) is 35.0 Å². The molecular weight excluding hydrogens is 248 g/mol. The predicted octanol–water partition coefficient (Wildman–Crippen LogP) is 3.52. The predicted molar refractivity (Wildman–Crippen MR) is 73.0 cm³/mol. The van der Waals surface area contributed by atoms with E-state index in [1.54, 1.807) is 6.20 Å². The highest BCUT2D eigenvalue weighted by molar-refractivity contribution is 6.30.